The first-order valence-corrected chi connectivity index (χ1v) is 6.72. The zero-order chi connectivity index (χ0) is 11.5. The molecule has 0 heterocycles. The first-order chi connectivity index (χ1) is 7.74. The first-order valence-electron chi connectivity index (χ1n) is 6.27. The van der Waals surface area contributed by atoms with Crippen LogP contribution in [0.3, 0.4) is 0 Å². The Morgan fingerprint density at radius 1 is 1.25 bits per heavy atom. The summed E-state index contributed by atoms with van der Waals surface area (Å²) >= 11 is 4.61. The summed E-state index contributed by atoms with van der Waals surface area (Å²) in [5.74, 6) is 1.05. The Kier molecular flexibility index (Phi) is 3.80. The first kappa shape index (κ1) is 11.8. The van der Waals surface area contributed by atoms with Crippen LogP contribution in [0, 0.1) is 0 Å². The van der Waals surface area contributed by atoms with Gasteiger partial charge in [-0.2, -0.15) is 0 Å². The van der Waals surface area contributed by atoms with Crippen LogP contribution in [0.4, 0.5) is 0 Å². The van der Waals surface area contributed by atoms with E-state index < -0.39 is 0 Å². The van der Waals surface area contributed by atoms with Crippen LogP contribution in [-0.4, -0.2) is 5.11 Å². The number of aromatic hydroxyl groups is 1. The van der Waals surface area contributed by atoms with Crippen LogP contribution in [0.2, 0.25) is 0 Å². The standard InChI is InChI=1S/C14H20OS/c1-2-11-13(15)9-8-12(14(11)16)10-6-4-3-5-7-10/h8-10,15-16H,2-7H2,1H3. The van der Waals surface area contributed by atoms with Gasteiger partial charge in [-0.15, -0.1) is 12.6 Å². The van der Waals surface area contributed by atoms with Crippen molar-refractivity contribution >= 4 is 12.6 Å². The van der Waals surface area contributed by atoms with Crippen LogP contribution in [0.5, 0.6) is 5.75 Å². The summed E-state index contributed by atoms with van der Waals surface area (Å²) in [6.07, 6.45) is 7.45. The minimum Gasteiger partial charge on any atom is -0.508 e. The average molecular weight is 236 g/mol. The third-order valence-electron chi connectivity index (χ3n) is 3.69. The molecule has 0 aliphatic heterocycles. The van der Waals surface area contributed by atoms with Crippen LogP contribution in [0.15, 0.2) is 17.0 Å². The molecular weight excluding hydrogens is 216 g/mol. The number of hydrogen-bond acceptors (Lipinski definition) is 2. The van der Waals surface area contributed by atoms with Gasteiger partial charge in [-0.05, 0) is 36.8 Å². The zero-order valence-corrected chi connectivity index (χ0v) is 10.8. The van der Waals surface area contributed by atoms with Crippen LogP contribution < -0.4 is 0 Å². The normalized spacial score (nSPS) is 17.6. The van der Waals surface area contributed by atoms with Gasteiger partial charge in [0, 0.05) is 10.5 Å². The van der Waals surface area contributed by atoms with Crippen LogP contribution in [0.25, 0.3) is 0 Å². The van der Waals surface area contributed by atoms with Crippen molar-refractivity contribution in [2.45, 2.75) is 56.3 Å². The van der Waals surface area contributed by atoms with Gasteiger partial charge in [0.15, 0.2) is 0 Å². The number of hydrogen-bond donors (Lipinski definition) is 2. The maximum absolute atomic E-state index is 9.77. The van der Waals surface area contributed by atoms with Crippen molar-refractivity contribution < 1.29 is 5.11 Å². The van der Waals surface area contributed by atoms with E-state index in [9.17, 15) is 5.11 Å². The number of benzene rings is 1. The van der Waals surface area contributed by atoms with Crippen molar-refractivity contribution in [2.75, 3.05) is 0 Å². The molecule has 1 saturated carbocycles. The predicted molar refractivity (Wildman–Crippen MR) is 70.6 cm³/mol. The smallest absolute Gasteiger partial charge is 0.119 e. The summed E-state index contributed by atoms with van der Waals surface area (Å²) in [5.41, 5.74) is 2.35. The fourth-order valence-electron chi connectivity index (χ4n) is 2.74. The molecule has 1 fully saturated rings. The summed E-state index contributed by atoms with van der Waals surface area (Å²) in [6.45, 7) is 2.07. The van der Waals surface area contributed by atoms with Crippen LogP contribution in [0.1, 0.15) is 56.1 Å². The highest BCUT2D eigenvalue weighted by molar-refractivity contribution is 7.80. The SMILES string of the molecule is CCc1c(O)ccc(C2CCCCC2)c1S. The molecule has 1 nitrogen and oxygen atoms in total. The quantitative estimate of drug-likeness (QED) is 0.734. The minimum atomic E-state index is 0.395. The zero-order valence-electron chi connectivity index (χ0n) is 9.87. The van der Waals surface area contributed by atoms with Gasteiger partial charge in [-0.3, -0.25) is 0 Å². The van der Waals surface area contributed by atoms with Gasteiger partial charge in [0.05, 0.1) is 0 Å². The minimum absolute atomic E-state index is 0.395. The molecule has 1 aliphatic rings. The maximum atomic E-state index is 9.77. The molecule has 0 amide bonds. The highest BCUT2D eigenvalue weighted by Gasteiger charge is 2.19. The number of phenols is 1. The van der Waals surface area contributed by atoms with Gasteiger partial charge in [-0.1, -0.05) is 32.3 Å². The Morgan fingerprint density at radius 3 is 2.56 bits per heavy atom. The van der Waals surface area contributed by atoms with Crippen molar-refractivity contribution in [2.24, 2.45) is 0 Å². The lowest BCUT2D eigenvalue weighted by Crippen LogP contribution is -2.06. The van der Waals surface area contributed by atoms with Crippen LogP contribution in [-0.2, 0) is 6.42 Å². The summed E-state index contributed by atoms with van der Waals surface area (Å²) in [7, 11) is 0. The Labute approximate surface area is 103 Å². The Balaban J connectivity index is 2.33. The Morgan fingerprint density at radius 2 is 1.94 bits per heavy atom. The van der Waals surface area contributed by atoms with E-state index in [0.29, 0.717) is 11.7 Å². The molecule has 2 rings (SSSR count). The molecule has 0 bridgehead atoms. The van der Waals surface area contributed by atoms with Gasteiger partial charge >= 0.3 is 0 Å². The molecule has 2 heteroatoms. The molecule has 0 spiro atoms. The molecule has 1 aliphatic carbocycles. The average Bonchev–Trinajstić information content (AvgIpc) is 2.31. The van der Waals surface area contributed by atoms with Gasteiger partial charge in [0.25, 0.3) is 0 Å². The van der Waals surface area contributed by atoms with E-state index >= 15 is 0 Å². The van der Waals surface area contributed by atoms with E-state index in [1.807, 2.05) is 6.07 Å². The lowest BCUT2D eigenvalue weighted by molar-refractivity contribution is 0.435. The molecule has 1 aromatic rings. The van der Waals surface area contributed by atoms with E-state index in [4.69, 9.17) is 0 Å². The highest BCUT2D eigenvalue weighted by atomic mass is 32.1. The third kappa shape index (κ3) is 2.22. The summed E-state index contributed by atoms with van der Waals surface area (Å²) < 4.78 is 0. The van der Waals surface area contributed by atoms with E-state index in [0.717, 1.165) is 16.9 Å². The molecule has 0 radical (unpaired) electrons. The van der Waals surface area contributed by atoms with E-state index in [1.165, 1.54) is 37.7 Å². The second kappa shape index (κ2) is 5.13. The number of phenolic OH excluding ortho intramolecular Hbond substituents is 1. The lowest BCUT2D eigenvalue weighted by Gasteiger charge is -2.24. The van der Waals surface area contributed by atoms with Crippen molar-refractivity contribution in [1.82, 2.24) is 0 Å². The third-order valence-corrected chi connectivity index (χ3v) is 4.22. The Bertz CT molecular complexity index is 367. The van der Waals surface area contributed by atoms with Crippen molar-refractivity contribution in [3.8, 4) is 5.75 Å². The van der Waals surface area contributed by atoms with Gasteiger partial charge in [0.1, 0.15) is 5.75 Å². The Hall–Kier alpha value is -0.630. The maximum Gasteiger partial charge on any atom is 0.119 e. The summed E-state index contributed by atoms with van der Waals surface area (Å²) in [4.78, 5) is 1.02. The molecule has 0 unspecified atom stereocenters. The fourth-order valence-corrected chi connectivity index (χ4v) is 3.27. The largest absolute Gasteiger partial charge is 0.508 e. The molecule has 0 saturated heterocycles. The predicted octanol–water partition coefficient (Wildman–Crippen LogP) is 4.29. The van der Waals surface area contributed by atoms with Crippen molar-refractivity contribution in [1.29, 1.82) is 0 Å². The molecule has 0 aromatic heterocycles. The summed E-state index contributed by atoms with van der Waals surface area (Å²) in [6, 6.07) is 3.90. The van der Waals surface area contributed by atoms with Crippen molar-refractivity contribution in [3.63, 3.8) is 0 Å². The van der Waals surface area contributed by atoms with Gasteiger partial charge < -0.3 is 5.11 Å². The van der Waals surface area contributed by atoms with Gasteiger partial charge in [-0.25, -0.2) is 0 Å². The molecule has 16 heavy (non-hydrogen) atoms. The number of thiol groups is 1. The fraction of sp³-hybridized carbons (Fsp3) is 0.571. The summed E-state index contributed by atoms with van der Waals surface area (Å²) in [5, 5.41) is 9.77. The van der Waals surface area contributed by atoms with Crippen LogP contribution >= 0.6 is 12.6 Å². The topological polar surface area (TPSA) is 20.2 Å². The van der Waals surface area contributed by atoms with Crippen molar-refractivity contribution in [3.05, 3.63) is 23.3 Å². The van der Waals surface area contributed by atoms with E-state index in [-0.39, 0.29) is 0 Å². The highest BCUT2D eigenvalue weighted by Crippen LogP contribution is 2.39. The second-order valence-electron chi connectivity index (χ2n) is 4.69. The molecule has 88 valence electrons. The van der Waals surface area contributed by atoms with E-state index in [2.05, 4.69) is 25.6 Å². The van der Waals surface area contributed by atoms with Gasteiger partial charge in [0.2, 0.25) is 0 Å². The lowest BCUT2D eigenvalue weighted by atomic mass is 9.83. The molecule has 1 aromatic carbocycles. The second-order valence-corrected chi connectivity index (χ2v) is 5.14. The number of rotatable bonds is 2. The monoisotopic (exact) mass is 236 g/mol. The van der Waals surface area contributed by atoms with E-state index in [1.54, 1.807) is 0 Å². The molecule has 1 N–H and O–H groups in total. The molecule has 0 atom stereocenters. The molecular formula is C14H20OS.